The average molecular weight is 622 g/mol. The Hall–Kier alpha value is -5.09. The van der Waals surface area contributed by atoms with E-state index < -0.39 is 18.0 Å². The minimum atomic E-state index is -0.891. The van der Waals surface area contributed by atoms with Crippen LogP contribution in [0, 0.1) is 11.3 Å². The van der Waals surface area contributed by atoms with Crippen molar-refractivity contribution in [3.8, 4) is 29.1 Å². The van der Waals surface area contributed by atoms with Gasteiger partial charge in [-0.3, -0.25) is 9.36 Å². The van der Waals surface area contributed by atoms with Crippen molar-refractivity contribution in [1.82, 2.24) is 4.57 Å². The molecule has 0 saturated heterocycles. The van der Waals surface area contributed by atoms with E-state index in [9.17, 15) is 14.4 Å². The number of hydrogen-bond acceptors (Lipinski definition) is 12. The van der Waals surface area contributed by atoms with Crippen LogP contribution in [0.3, 0.4) is 0 Å². The van der Waals surface area contributed by atoms with Crippen LogP contribution >= 0.6 is 11.3 Å². The fourth-order valence-corrected chi connectivity index (χ4v) is 5.59. The molecule has 3 aromatic rings. The number of fused-ring (bicyclic) bond motifs is 1. The molecule has 12 nitrogen and oxygen atoms in total. The minimum Gasteiger partial charge on any atom is -0.493 e. The van der Waals surface area contributed by atoms with Crippen molar-refractivity contribution in [2.75, 3.05) is 40.6 Å². The zero-order chi connectivity index (χ0) is 31.8. The van der Waals surface area contributed by atoms with Gasteiger partial charge in [0.05, 0.1) is 49.3 Å². The van der Waals surface area contributed by atoms with Gasteiger partial charge in [-0.2, -0.15) is 5.26 Å². The Kier molecular flexibility index (Phi) is 10.4. The van der Waals surface area contributed by atoms with E-state index >= 15 is 0 Å². The number of esters is 2. The topological polar surface area (TPSA) is 148 Å². The molecule has 0 N–H and O–H groups in total. The summed E-state index contributed by atoms with van der Waals surface area (Å²) in [5, 5.41) is 8.84. The Morgan fingerprint density at radius 2 is 1.77 bits per heavy atom. The van der Waals surface area contributed by atoms with Gasteiger partial charge in [-0.15, -0.1) is 0 Å². The smallest absolute Gasteiger partial charge is 0.343 e. The third-order valence-electron chi connectivity index (χ3n) is 6.45. The zero-order valence-electron chi connectivity index (χ0n) is 24.9. The molecule has 0 spiro atoms. The Bertz CT molecular complexity index is 1820. The summed E-state index contributed by atoms with van der Waals surface area (Å²) in [6.45, 7) is 5.15. The van der Waals surface area contributed by atoms with E-state index in [0.29, 0.717) is 55.8 Å². The highest BCUT2D eigenvalue weighted by Crippen LogP contribution is 2.36. The molecule has 0 fully saturated rings. The molecule has 0 aliphatic carbocycles. The first-order valence-electron chi connectivity index (χ1n) is 13.6. The van der Waals surface area contributed by atoms with Gasteiger partial charge in [0.15, 0.2) is 41.0 Å². The van der Waals surface area contributed by atoms with Crippen molar-refractivity contribution in [2.45, 2.75) is 26.8 Å². The second-order valence-corrected chi connectivity index (χ2v) is 10.2. The van der Waals surface area contributed by atoms with Crippen LogP contribution < -0.4 is 33.8 Å². The maximum Gasteiger partial charge on any atom is 0.343 e. The molecule has 0 unspecified atom stereocenters. The largest absolute Gasteiger partial charge is 0.493 e. The fourth-order valence-electron chi connectivity index (χ4n) is 4.54. The van der Waals surface area contributed by atoms with Crippen LogP contribution in [0.4, 0.5) is 0 Å². The number of aromatic nitrogens is 1. The van der Waals surface area contributed by atoms with Crippen molar-refractivity contribution in [3.05, 3.63) is 78.5 Å². The third-order valence-corrected chi connectivity index (χ3v) is 7.43. The number of hydrogen-bond donors (Lipinski definition) is 0. The van der Waals surface area contributed by atoms with Crippen LogP contribution in [0.1, 0.15) is 37.9 Å². The van der Waals surface area contributed by atoms with Gasteiger partial charge in [-0.05, 0) is 62.2 Å². The summed E-state index contributed by atoms with van der Waals surface area (Å²) in [7, 11) is 2.74. The first-order valence-corrected chi connectivity index (χ1v) is 14.4. The van der Waals surface area contributed by atoms with Gasteiger partial charge in [0.25, 0.3) is 5.56 Å². The summed E-state index contributed by atoms with van der Waals surface area (Å²) in [5.41, 5.74) is 1.44. The Labute approximate surface area is 257 Å². The second kappa shape index (κ2) is 14.4. The van der Waals surface area contributed by atoms with Crippen LogP contribution in [0.2, 0.25) is 0 Å². The lowest BCUT2D eigenvalue weighted by molar-refractivity contribution is -0.143. The summed E-state index contributed by atoms with van der Waals surface area (Å²) in [4.78, 5) is 43.9. The summed E-state index contributed by atoms with van der Waals surface area (Å²) in [6.07, 6.45) is 1.69. The SMILES string of the molecule is CCOC(=O)C1=C(C)N=c2s/c(=C\c3ccc(OCC#N)c(OC)c3)c(=O)n2[C@@H]1c1ccc(OCC(=O)OC)c(OCC)c1. The van der Waals surface area contributed by atoms with Crippen LogP contribution in [-0.2, 0) is 19.1 Å². The maximum absolute atomic E-state index is 14.0. The third kappa shape index (κ3) is 6.76. The van der Waals surface area contributed by atoms with Crippen molar-refractivity contribution < 1.29 is 38.0 Å². The number of nitriles is 1. The Balaban J connectivity index is 1.87. The molecular weight excluding hydrogens is 590 g/mol. The number of nitrogens with zero attached hydrogens (tertiary/aromatic N) is 3. The first kappa shape index (κ1) is 31.8. The molecule has 0 amide bonds. The lowest BCUT2D eigenvalue weighted by atomic mass is 9.95. The zero-order valence-corrected chi connectivity index (χ0v) is 25.7. The fraction of sp³-hybridized carbons (Fsp3) is 0.323. The molecule has 1 aromatic heterocycles. The van der Waals surface area contributed by atoms with E-state index in [1.54, 1.807) is 63.2 Å². The highest BCUT2D eigenvalue weighted by molar-refractivity contribution is 7.07. The molecule has 0 bridgehead atoms. The predicted molar refractivity (Wildman–Crippen MR) is 160 cm³/mol. The Morgan fingerprint density at radius 3 is 2.45 bits per heavy atom. The average Bonchev–Trinajstić information content (AvgIpc) is 3.32. The van der Waals surface area contributed by atoms with Gasteiger partial charge in [0, 0.05) is 0 Å². The van der Waals surface area contributed by atoms with E-state index in [1.807, 2.05) is 6.07 Å². The number of rotatable bonds is 12. The van der Waals surface area contributed by atoms with Crippen molar-refractivity contribution in [2.24, 2.45) is 4.99 Å². The quantitative estimate of drug-likeness (QED) is 0.277. The molecule has 13 heteroatoms. The highest BCUT2D eigenvalue weighted by atomic mass is 32.1. The van der Waals surface area contributed by atoms with Crippen LogP contribution in [0.5, 0.6) is 23.0 Å². The number of ether oxygens (including phenoxy) is 6. The molecule has 44 heavy (non-hydrogen) atoms. The molecule has 2 aromatic carbocycles. The predicted octanol–water partition coefficient (Wildman–Crippen LogP) is 2.66. The van der Waals surface area contributed by atoms with Gasteiger partial charge >= 0.3 is 11.9 Å². The summed E-state index contributed by atoms with van der Waals surface area (Å²) >= 11 is 1.17. The van der Waals surface area contributed by atoms with E-state index in [-0.39, 0.29) is 31.0 Å². The molecule has 0 saturated carbocycles. The lowest BCUT2D eigenvalue weighted by Crippen LogP contribution is -2.40. The molecule has 4 rings (SSSR count). The summed E-state index contributed by atoms with van der Waals surface area (Å²) in [6, 6.07) is 11.1. The molecule has 1 aliphatic heterocycles. The molecular formula is C31H31N3O9S. The van der Waals surface area contributed by atoms with E-state index in [4.69, 9.17) is 28.9 Å². The molecule has 2 heterocycles. The number of benzene rings is 2. The van der Waals surface area contributed by atoms with Crippen molar-refractivity contribution in [1.29, 1.82) is 5.26 Å². The molecule has 1 atom stereocenters. The first-order chi connectivity index (χ1) is 21.3. The standard InChI is InChI=1S/C31H31N3O9S/c1-6-40-24-16-20(9-11-22(24)43-17-26(35)39-5)28-27(30(37)41-7-2)18(3)33-31-34(28)29(36)25(44-31)15-19-8-10-21(42-13-12-32)23(14-19)38-4/h8-11,14-16,28H,6-7,13,17H2,1-5H3/b25-15-/t28-/m1/s1. The van der Waals surface area contributed by atoms with Crippen LogP contribution in [0.15, 0.2) is 57.5 Å². The van der Waals surface area contributed by atoms with Gasteiger partial charge in [-0.1, -0.05) is 23.5 Å². The molecule has 0 radical (unpaired) electrons. The van der Waals surface area contributed by atoms with E-state index in [1.165, 1.54) is 30.1 Å². The number of methoxy groups -OCH3 is 2. The number of allylic oxidation sites excluding steroid dienone is 1. The number of carbonyl (C=O) groups excluding carboxylic acids is 2. The summed E-state index contributed by atoms with van der Waals surface area (Å²) in [5.74, 6) is 0.246. The monoisotopic (exact) mass is 621 g/mol. The maximum atomic E-state index is 14.0. The second-order valence-electron chi connectivity index (χ2n) is 9.16. The highest BCUT2D eigenvalue weighted by Gasteiger charge is 2.34. The van der Waals surface area contributed by atoms with Crippen molar-refractivity contribution >= 4 is 29.4 Å². The van der Waals surface area contributed by atoms with Gasteiger partial charge in [0.2, 0.25) is 0 Å². The van der Waals surface area contributed by atoms with Gasteiger partial charge in [0.1, 0.15) is 6.07 Å². The van der Waals surface area contributed by atoms with Crippen LogP contribution in [0.25, 0.3) is 6.08 Å². The van der Waals surface area contributed by atoms with E-state index in [2.05, 4.69) is 9.73 Å². The Morgan fingerprint density at radius 1 is 1.02 bits per heavy atom. The van der Waals surface area contributed by atoms with E-state index in [0.717, 1.165) is 0 Å². The lowest BCUT2D eigenvalue weighted by Gasteiger charge is -2.25. The number of carbonyl (C=O) groups is 2. The van der Waals surface area contributed by atoms with Gasteiger partial charge < -0.3 is 28.4 Å². The molecule has 1 aliphatic rings. The minimum absolute atomic E-state index is 0.132. The van der Waals surface area contributed by atoms with Crippen LogP contribution in [-0.4, -0.2) is 57.2 Å². The summed E-state index contributed by atoms with van der Waals surface area (Å²) < 4.78 is 34.1. The molecule has 230 valence electrons. The number of thiazole rings is 1. The normalized spacial score (nSPS) is 14.2. The van der Waals surface area contributed by atoms with Gasteiger partial charge in [-0.25, -0.2) is 14.6 Å². The van der Waals surface area contributed by atoms with Crippen molar-refractivity contribution in [3.63, 3.8) is 0 Å².